The van der Waals surface area contributed by atoms with Gasteiger partial charge in [-0.1, -0.05) is 29.3 Å². The summed E-state index contributed by atoms with van der Waals surface area (Å²) in [6.45, 7) is 0. The monoisotopic (exact) mass is 297 g/mol. The molecule has 0 radical (unpaired) electrons. The van der Waals surface area contributed by atoms with Crippen LogP contribution in [0.3, 0.4) is 0 Å². The second kappa shape index (κ2) is 6.05. The molecule has 1 heterocycles. The van der Waals surface area contributed by atoms with Crippen LogP contribution in [0.2, 0.25) is 10.0 Å². The van der Waals surface area contributed by atoms with Gasteiger partial charge in [0, 0.05) is 18.0 Å². The third kappa shape index (κ3) is 3.35. The van der Waals surface area contributed by atoms with Gasteiger partial charge in [-0.25, -0.2) is 0 Å². The van der Waals surface area contributed by atoms with E-state index in [1.807, 2.05) is 11.4 Å². The molecule has 92 valence electrons. The number of hydrogen-bond acceptors (Lipinski definition) is 3. The van der Waals surface area contributed by atoms with Gasteiger partial charge in [0.25, 0.3) is 0 Å². The number of carbonyl (C=O) groups is 1. The summed E-state index contributed by atoms with van der Waals surface area (Å²) in [5.74, 6) is -0.0300. The van der Waals surface area contributed by atoms with Crippen molar-refractivity contribution >= 4 is 46.0 Å². The summed E-state index contributed by atoms with van der Waals surface area (Å²) >= 11 is 13.1. The first-order valence-corrected chi connectivity index (χ1v) is 6.76. The van der Waals surface area contributed by atoms with Gasteiger partial charge >= 0.3 is 0 Å². The SMILES string of the molecule is O=C(C=CNc1ccc(Cl)c(Cl)c1)c1cccs1. The van der Waals surface area contributed by atoms with Crippen LogP contribution in [-0.4, -0.2) is 5.78 Å². The van der Waals surface area contributed by atoms with E-state index in [-0.39, 0.29) is 5.78 Å². The minimum absolute atomic E-state index is 0.0300. The number of allylic oxidation sites excluding steroid dienone is 1. The van der Waals surface area contributed by atoms with Crippen molar-refractivity contribution in [2.75, 3.05) is 5.32 Å². The second-order valence-electron chi connectivity index (χ2n) is 3.45. The fraction of sp³-hybridized carbons (Fsp3) is 0. The molecule has 18 heavy (non-hydrogen) atoms. The van der Waals surface area contributed by atoms with E-state index in [1.165, 1.54) is 17.4 Å². The number of nitrogens with one attached hydrogen (secondary N) is 1. The van der Waals surface area contributed by atoms with Gasteiger partial charge in [0.2, 0.25) is 0 Å². The minimum atomic E-state index is -0.0300. The van der Waals surface area contributed by atoms with E-state index in [4.69, 9.17) is 23.2 Å². The van der Waals surface area contributed by atoms with Gasteiger partial charge in [-0.3, -0.25) is 4.79 Å². The Morgan fingerprint density at radius 1 is 1.22 bits per heavy atom. The molecule has 0 saturated carbocycles. The Morgan fingerprint density at radius 3 is 2.72 bits per heavy atom. The number of hydrogen-bond donors (Lipinski definition) is 1. The van der Waals surface area contributed by atoms with E-state index in [2.05, 4.69) is 5.32 Å². The van der Waals surface area contributed by atoms with Crippen LogP contribution in [0.25, 0.3) is 0 Å². The largest absolute Gasteiger partial charge is 0.362 e. The van der Waals surface area contributed by atoms with Crippen molar-refractivity contribution in [3.63, 3.8) is 0 Å². The van der Waals surface area contributed by atoms with Crippen LogP contribution in [0.15, 0.2) is 48.0 Å². The summed E-state index contributed by atoms with van der Waals surface area (Å²) in [4.78, 5) is 12.4. The Hall–Kier alpha value is -1.29. The van der Waals surface area contributed by atoms with Crippen LogP contribution < -0.4 is 5.32 Å². The standard InChI is InChI=1S/C13H9Cl2NOS/c14-10-4-3-9(8-11(10)15)16-6-5-12(17)13-2-1-7-18-13/h1-8,16H. The van der Waals surface area contributed by atoms with Gasteiger partial charge in [-0.15, -0.1) is 11.3 Å². The number of carbonyl (C=O) groups excluding carboxylic acids is 1. The molecule has 1 aromatic heterocycles. The van der Waals surface area contributed by atoms with Crippen LogP contribution in [0.5, 0.6) is 0 Å². The zero-order valence-corrected chi connectivity index (χ0v) is 11.5. The summed E-state index contributed by atoms with van der Waals surface area (Å²) in [6, 6.07) is 8.81. The third-order valence-corrected chi connectivity index (χ3v) is 3.79. The van der Waals surface area contributed by atoms with Crippen LogP contribution in [0.4, 0.5) is 5.69 Å². The number of thiophene rings is 1. The summed E-state index contributed by atoms with van der Waals surface area (Å²) in [5, 5.41) is 5.81. The molecule has 0 spiro atoms. The van der Waals surface area contributed by atoms with Crippen molar-refractivity contribution in [3.05, 3.63) is 62.9 Å². The summed E-state index contributed by atoms with van der Waals surface area (Å²) in [6.07, 6.45) is 3.07. The molecular weight excluding hydrogens is 289 g/mol. The van der Waals surface area contributed by atoms with Crippen molar-refractivity contribution in [1.82, 2.24) is 0 Å². The van der Waals surface area contributed by atoms with Crippen molar-refractivity contribution in [2.24, 2.45) is 0 Å². The van der Waals surface area contributed by atoms with Gasteiger partial charge in [0.1, 0.15) is 0 Å². The Balaban J connectivity index is 1.99. The van der Waals surface area contributed by atoms with Crippen LogP contribution in [-0.2, 0) is 0 Å². The van der Waals surface area contributed by atoms with Gasteiger partial charge in [-0.2, -0.15) is 0 Å². The first-order chi connectivity index (χ1) is 8.66. The van der Waals surface area contributed by atoms with E-state index < -0.39 is 0 Å². The molecule has 0 unspecified atom stereocenters. The average molecular weight is 298 g/mol. The second-order valence-corrected chi connectivity index (χ2v) is 5.21. The highest BCUT2D eigenvalue weighted by molar-refractivity contribution is 7.12. The van der Waals surface area contributed by atoms with Gasteiger partial charge < -0.3 is 5.32 Å². The van der Waals surface area contributed by atoms with Crippen molar-refractivity contribution in [2.45, 2.75) is 0 Å². The molecule has 2 nitrogen and oxygen atoms in total. The number of benzene rings is 1. The number of ketones is 1. The first kappa shape index (κ1) is 13.1. The molecule has 1 N–H and O–H groups in total. The highest BCUT2D eigenvalue weighted by Crippen LogP contribution is 2.24. The fourth-order valence-electron chi connectivity index (χ4n) is 1.30. The molecule has 0 bridgehead atoms. The highest BCUT2D eigenvalue weighted by Gasteiger charge is 2.01. The Labute approximate surface area is 119 Å². The van der Waals surface area contributed by atoms with Crippen LogP contribution in [0.1, 0.15) is 9.67 Å². The van der Waals surface area contributed by atoms with Gasteiger partial charge in [0.05, 0.1) is 14.9 Å². The molecule has 0 atom stereocenters. The smallest absolute Gasteiger partial charge is 0.197 e. The predicted octanol–water partition coefficient (Wildman–Crippen LogP) is 4.86. The van der Waals surface area contributed by atoms with Gasteiger partial charge in [-0.05, 0) is 29.6 Å². The molecule has 0 aliphatic carbocycles. The Morgan fingerprint density at radius 2 is 2.06 bits per heavy atom. The number of rotatable bonds is 4. The Bertz CT molecular complexity index is 579. The lowest BCUT2D eigenvalue weighted by atomic mass is 10.3. The topological polar surface area (TPSA) is 29.1 Å². The summed E-state index contributed by atoms with van der Waals surface area (Å²) < 4.78 is 0. The summed E-state index contributed by atoms with van der Waals surface area (Å²) in [7, 11) is 0. The summed E-state index contributed by atoms with van der Waals surface area (Å²) in [5.41, 5.74) is 0.777. The minimum Gasteiger partial charge on any atom is -0.362 e. The van der Waals surface area contributed by atoms with Crippen molar-refractivity contribution in [1.29, 1.82) is 0 Å². The van der Waals surface area contributed by atoms with Crippen LogP contribution >= 0.6 is 34.5 Å². The third-order valence-electron chi connectivity index (χ3n) is 2.17. The molecule has 5 heteroatoms. The fourth-order valence-corrected chi connectivity index (χ4v) is 2.24. The molecule has 0 amide bonds. The molecular formula is C13H9Cl2NOS. The highest BCUT2D eigenvalue weighted by atomic mass is 35.5. The molecule has 0 aliphatic heterocycles. The molecule has 2 aromatic rings. The quantitative estimate of drug-likeness (QED) is 0.645. The zero-order chi connectivity index (χ0) is 13.0. The Kier molecular flexibility index (Phi) is 4.42. The van der Waals surface area contributed by atoms with Crippen LogP contribution in [0, 0.1) is 0 Å². The molecule has 0 aliphatic rings. The zero-order valence-electron chi connectivity index (χ0n) is 9.19. The van der Waals surface area contributed by atoms with Crippen molar-refractivity contribution in [3.8, 4) is 0 Å². The molecule has 2 rings (SSSR count). The van der Waals surface area contributed by atoms with E-state index in [0.717, 1.165) is 5.69 Å². The van der Waals surface area contributed by atoms with E-state index in [0.29, 0.717) is 14.9 Å². The normalized spacial score (nSPS) is 10.8. The maximum atomic E-state index is 11.7. The van der Waals surface area contributed by atoms with E-state index in [1.54, 1.807) is 30.5 Å². The predicted molar refractivity (Wildman–Crippen MR) is 77.9 cm³/mol. The van der Waals surface area contributed by atoms with Crippen molar-refractivity contribution < 1.29 is 4.79 Å². The number of anilines is 1. The lowest BCUT2D eigenvalue weighted by molar-refractivity contribution is 0.105. The maximum Gasteiger partial charge on any atom is 0.197 e. The van der Waals surface area contributed by atoms with E-state index in [9.17, 15) is 4.79 Å². The molecule has 1 aromatic carbocycles. The molecule has 0 fully saturated rings. The number of halogens is 2. The maximum absolute atomic E-state index is 11.7. The lowest BCUT2D eigenvalue weighted by Gasteiger charge is -2.02. The lowest BCUT2D eigenvalue weighted by Crippen LogP contribution is -1.93. The van der Waals surface area contributed by atoms with E-state index >= 15 is 0 Å². The first-order valence-electron chi connectivity index (χ1n) is 5.13. The average Bonchev–Trinajstić information content (AvgIpc) is 2.87. The van der Waals surface area contributed by atoms with Gasteiger partial charge in [0.15, 0.2) is 5.78 Å². The molecule has 0 saturated heterocycles.